The van der Waals surface area contributed by atoms with Crippen LogP contribution in [0.1, 0.15) is 37.9 Å². The van der Waals surface area contributed by atoms with E-state index in [0.29, 0.717) is 40.8 Å². The van der Waals surface area contributed by atoms with E-state index >= 15 is 0 Å². The molecule has 2 aromatic carbocycles. The van der Waals surface area contributed by atoms with Gasteiger partial charge in [-0.25, -0.2) is 0 Å². The fourth-order valence-corrected chi connectivity index (χ4v) is 3.99. The van der Waals surface area contributed by atoms with E-state index in [1.165, 1.54) is 11.8 Å². The number of aromatic nitrogens is 1. The SMILES string of the molecule is CC(=O)Nc1ccc(N2C(=O)C(=O)/C(=C(\O)c3ccc(OCC(C)C)cc3)C2c2cccnc2)cc1. The lowest BCUT2D eigenvalue weighted by Gasteiger charge is -2.25. The van der Waals surface area contributed by atoms with Crippen LogP contribution in [0.2, 0.25) is 0 Å². The third kappa shape index (κ3) is 5.12. The number of carbonyl (C=O) groups is 3. The molecule has 8 nitrogen and oxygen atoms in total. The number of Topliss-reactive ketones (excluding diaryl/α,β-unsaturated/α-hetero) is 1. The molecule has 2 heterocycles. The van der Waals surface area contributed by atoms with Crippen molar-refractivity contribution in [2.75, 3.05) is 16.8 Å². The van der Waals surface area contributed by atoms with Crippen LogP contribution in [0.4, 0.5) is 11.4 Å². The first-order chi connectivity index (χ1) is 17.3. The summed E-state index contributed by atoms with van der Waals surface area (Å²) in [6, 6.07) is 15.9. The molecule has 3 aromatic rings. The Kier molecular flexibility index (Phi) is 7.15. The molecule has 0 spiro atoms. The number of nitrogens with zero attached hydrogens (tertiary/aromatic N) is 2. The number of pyridine rings is 1. The van der Waals surface area contributed by atoms with Crippen LogP contribution in [0.3, 0.4) is 0 Å². The second-order valence-corrected chi connectivity index (χ2v) is 8.91. The van der Waals surface area contributed by atoms with Crippen LogP contribution in [0, 0.1) is 5.92 Å². The number of rotatable bonds is 7. The monoisotopic (exact) mass is 485 g/mol. The molecule has 2 N–H and O–H groups in total. The number of aliphatic hydroxyl groups is 1. The van der Waals surface area contributed by atoms with Gasteiger partial charge in [-0.1, -0.05) is 19.9 Å². The average molecular weight is 486 g/mol. The van der Waals surface area contributed by atoms with Crippen LogP contribution < -0.4 is 15.0 Å². The number of carbonyl (C=O) groups excluding carboxylic acids is 3. The maximum atomic E-state index is 13.2. The van der Waals surface area contributed by atoms with Crippen LogP contribution >= 0.6 is 0 Å². The molecule has 0 saturated carbocycles. The predicted molar refractivity (Wildman–Crippen MR) is 137 cm³/mol. The number of ether oxygens (including phenoxy) is 1. The molecule has 1 atom stereocenters. The van der Waals surface area contributed by atoms with Crippen LogP contribution in [0.25, 0.3) is 5.76 Å². The van der Waals surface area contributed by atoms with Crippen molar-refractivity contribution in [3.05, 3.63) is 89.8 Å². The predicted octanol–water partition coefficient (Wildman–Crippen LogP) is 4.70. The minimum absolute atomic E-state index is 0.0326. The van der Waals surface area contributed by atoms with Crippen LogP contribution in [0.5, 0.6) is 5.75 Å². The van der Waals surface area contributed by atoms with Gasteiger partial charge in [-0.2, -0.15) is 0 Å². The summed E-state index contributed by atoms with van der Waals surface area (Å²) in [5.41, 5.74) is 1.92. The third-order valence-corrected chi connectivity index (χ3v) is 5.62. The number of hydrogen-bond donors (Lipinski definition) is 2. The van der Waals surface area contributed by atoms with Crippen molar-refractivity contribution in [1.29, 1.82) is 0 Å². The van der Waals surface area contributed by atoms with Gasteiger partial charge in [0.1, 0.15) is 11.5 Å². The molecule has 1 aliphatic heterocycles. The first-order valence-corrected chi connectivity index (χ1v) is 11.6. The Bertz CT molecular complexity index is 1300. The lowest BCUT2D eigenvalue weighted by atomic mass is 9.96. The number of benzene rings is 2. The molecule has 1 aliphatic rings. The maximum Gasteiger partial charge on any atom is 0.300 e. The Hall–Kier alpha value is -4.46. The smallest absolute Gasteiger partial charge is 0.300 e. The van der Waals surface area contributed by atoms with Crippen molar-refractivity contribution in [2.45, 2.75) is 26.8 Å². The summed E-state index contributed by atoms with van der Waals surface area (Å²) in [7, 11) is 0. The number of aliphatic hydroxyl groups excluding tert-OH is 1. The highest BCUT2D eigenvalue weighted by Gasteiger charge is 2.47. The lowest BCUT2D eigenvalue weighted by Crippen LogP contribution is -2.29. The largest absolute Gasteiger partial charge is 0.507 e. The standard InChI is InChI=1S/C28H27N3O5/c1-17(2)16-36-23-12-6-19(7-13-23)26(33)24-25(20-5-4-14-29-15-20)31(28(35)27(24)34)22-10-8-21(9-11-22)30-18(3)32/h4-15,17,25,33H,16H2,1-3H3,(H,30,32)/b26-24-. The highest BCUT2D eigenvalue weighted by Crippen LogP contribution is 2.42. The Labute approximate surface area is 209 Å². The van der Waals surface area contributed by atoms with Gasteiger partial charge < -0.3 is 15.2 Å². The number of ketones is 1. The van der Waals surface area contributed by atoms with E-state index < -0.39 is 17.7 Å². The van der Waals surface area contributed by atoms with E-state index in [2.05, 4.69) is 10.3 Å². The molecule has 0 aliphatic carbocycles. The molecule has 1 fully saturated rings. The van der Waals surface area contributed by atoms with Gasteiger partial charge in [0.15, 0.2) is 0 Å². The molecule has 1 unspecified atom stereocenters. The van der Waals surface area contributed by atoms with Gasteiger partial charge in [-0.05, 0) is 66.1 Å². The van der Waals surface area contributed by atoms with Crippen molar-refractivity contribution in [1.82, 2.24) is 4.98 Å². The summed E-state index contributed by atoms with van der Waals surface area (Å²) in [5, 5.41) is 13.9. The Morgan fingerprint density at radius 1 is 1.08 bits per heavy atom. The number of amides is 2. The van der Waals surface area contributed by atoms with Crippen LogP contribution in [-0.2, 0) is 14.4 Å². The number of anilines is 2. The zero-order chi connectivity index (χ0) is 25.8. The summed E-state index contributed by atoms with van der Waals surface area (Å²) in [6.07, 6.45) is 3.15. The van der Waals surface area contributed by atoms with E-state index in [4.69, 9.17) is 4.74 Å². The maximum absolute atomic E-state index is 13.2. The van der Waals surface area contributed by atoms with Gasteiger partial charge >= 0.3 is 0 Å². The highest BCUT2D eigenvalue weighted by atomic mass is 16.5. The summed E-state index contributed by atoms with van der Waals surface area (Å²) in [4.78, 5) is 43.3. The Morgan fingerprint density at radius 2 is 1.78 bits per heavy atom. The summed E-state index contributed by atoms with van der Waals surface area (Å²) < 4.78 is 5.70. The first kappa shape index (κ1) is 24.7. The minimum Gasteiger partial charge on any atom is -0.507 e. The molecule has 0 bridgehead atoms. The van der Waals surface area contributed by atoms with Gasteiger partial charge in [-0.15, -0.1) is 0 Å². The van der Waals surface area contributed by atoms with Gasteiger partial charge in [-0.3, -0.25) is 24.3 Å². The molecule has 2 amide bonds. The van der Waals surface area contributed by atoms with Gasteiger partial charge in [0.2, 0.25) is 5.91 Å². The minimum atomic E-state index is -0.887. The van der Waals surface area contributed by atoms with E-state index in [1.807, 2.05) is 13.8 Å². The van der Waals surface area contributed by atoms with Crippen molar-refractivity contribution >= 4 is 34.7 Å². The fraction of sp³-hybridized carbons (Fsp3) is 0.214. The topological polar surface area (TPSA) is 109 Å². The van der Waals surface area contributed by atoms with Gasteiger partial charge in [0, 0.05) is 36.3 Å². The summed E-state index contributed by atoms with van der Waals surface area (Å²) in [5.74, 6) is -1.07. The van der Waals surface area contributed by atoms with Crippen LogP contribution in [-0.4, -0.2) is 34.3 Å². The summed E-state index contributed by atoms with van der Waals surface area (Å²) >= 11 is 0. The van der Waals surface area contributed by atoms with Crippen molar-refractivity contribution in [3.63, 3.8) is 0 Å². The molecule has 1 saturated heterocycles. The normalized spacial score (nSPS) is 16.9. The van der Waals surface area contributed by atoms with E-state index in [9.17, 15) is 19.5 Å². The molecule has 184 valence electrons. The zero-order valence-electron chi connectivity index (χ0n) is 20.3. The van der Waals surface area contributed by atoms with Crippen LogP contribution in [0.15, 0.2) is 78.6 Å². The van der Waals surface area contributed by atoms with Crippen molar-refractivity contribution < 1.29 is 24.2 Å². The fourth-order valence-electron chi connectivity index (χ4n) is 3.99. The first-order valence-electron chi connectivity index (χ1n) is 11.6. The zero-order valence-corrected chi connectivity index (χ0v) is 20.3. The van der Waals surface area contributed by atoms with E-state index in [1.54, 1.807) is 73.1 Å². The number of hydrogen-bond acceptors (Lipinski definition) is 6. The molecule has 36 heavy (non-hydrogen) atoms. The third-order valence-electron chi connectivity index (χ3n) is 5.62. The Morgan fingerprint density at radius 3 is 2.36 bits per heavy atom. The van der Waals surface area contributed by atoms with Gasteiger partial charge in [0.05, 0.1) is 18.2 Å². The quantitative estimate of drug-likeness (QED) is 0.285. The van der Waals surface area contributed by atoms with Gasteiger partial charge in [0.25, 0.3) is 11.7 Å². The van der Waals surface area contributed by atoms with Crippen molar-refractivity contribution in [3.8, 4) is 5.75 Å². The molecule has 8 heteroatoms. The molecule has 1 aromatic heterocycles. The van der Waals surface area contributed by atoms with E-state index in [0.717, 1.165) is 0 Å². The van der Waals surface area contributed by atoms with E-state index in [-0.39, 0.29) is 17.2 Å². The molecular weight excluding hydrogens is 458 g/mol. The summed E-state index contributed by atoms with van der Waals surface area (Å²) in [6.45, 7) is 6.05. The average Bonchev–Trinajstić information content (AvgIpc) is 3.13. The Balaban J connectivity index is 1.76. The second-order valence-electron chi connectivity index (χ2n) is 8.91. The lowest BCUT2D eigenvalue weighted by molar-refractivity contribution is -0.132. The molecular formula is C28H27N3O5. The molecule has 0 radical (unpaired) electrons. The number of nitrogens with one attached hydrogen (secondary N) is 1. The van der Waals surface area contributed by atoms with Crippen molar-refractivity contribution in [2.24, 2.45) is 5.92 Å². The second kappa shape index (κ2) is 10.4. The molecule has 4 rings (SSSR count). The highest BCUT2D eigenvalue weighted by molar-refractivity contribution is 6.51.